The molecule has 3 heteroatoms. The highest BCUT2D eigenvalue weighted by Crippen LogP contribution is 2.38. The van der Waals surface area contributed by atoms with Crippen LogP contribution in [0.4, 0.5) is 0 Å². The Balaban J connectivity index is 2.54. The van der Waals surface area contributed by atoms with Gasteiger partial charge in [-0.2, -0.15) is 0 Å². The summed E-state index contributed by atoms with van der Waals surface area (Å²) >= 11 is 0. The zero-order chi connectivity index (χ0) is 6.81. The third kappa shape index (κ3) is 1.07. The maximum atomic E-state index is 4.20. The Kier molecular flexibility index (Phi) is 1.69. The van der Waals surface area contributed by atoms with Crippen LogP contribution in [0.3, 0.4) is 0 Å². The van der Waals surface area contributed by atoms with Crippen molar-refractivity contribution in [3.63, 3.8) is 0 Å². The molecular formula is C7H5NS2. The van der Waals surface area contributed by atoms with E-state index in [0.717, 1.165) is 5.69 Å². The first-order chi connectivity index (χ1) is 4.97. The second-order valence-corrected chi connectivity index (χ2v) is 4.02. The van der Waals surface area contributed by atoms with E-state index in [1.807, 2.05) is 18.3 Å². The van der Waals surface area contributed by atoms with Crippen molar-refractivity contribution in [2.75, 3.05) is 0 Å². The van der Waals surface area contributed by atoms with Crippen molar-refractivity contribution in [3.05, 3.63) is 29.4 Å². The number of aromatic nitrogens is 1. The SMILES string of the molecule is C1=Cc2ncccc2SS1. The molecular weight excluding hydrogens is 162 g/mol. The van der Waals surface area contributed by atoms with E-state index in [2.05, 4.69) is 16.5 Å². The fraction of sp³-hybridized carbons (Fsp3) is 0. The summed E-state index contributed by atoms with van der Waals surface area (Å²) in [5.41, 5.74) is 1.09. The average molecular weight is 167 g/mol. The Morgan fingerprint density at radius 3 is 3.30 bits per heavy atom. The highest BCUT2D eigenvalue weighted by molar-refractivity contribution is 8.78. The zero-order valence-corrected chi connectivity index (χ0v) is 6.78. The smallest absolute Gasteiger partial charge is 0.0779 e. The molecule has 10 heavy (non-hydrogen) atoms. The topological polar surface area (TPSA) is 12.9 Å². The number of nitrogens with zero attached hydrogens (tertiary/aromatic N) is 1. The van der Waals surface area contributed by atoms with Gasteiger partial charge in [0.2, 0.25) is 0 Å². The van der Waals surface area contributed by atoms with Gasteiger partial charge in [-0.15, -0.1) is 0 Å². The van der Waals surface area contributed by atoms with Gasteiger partial charge in [-0.05, 0) is 23.6 Å². The molecule has 2 rings (SSSR count). The van der Waals surface area contributed by atoms with E-state index in [9.17, 15) is 0 Å². The standard InChI is InChI=1S/C7H5NS2/c1-2-7-6(8-4-1)3-5-9-10-7/h1-5H. The lowest BCUT2D eigenvalue weighted by atomic mass is 10.3. The molecule has 1 aliphatic rings. The van der Waals surface area contributed by atoms with Crippen LogP contribution < -0.4 is 0 Å². The maximum absolute atomic E-state index is 4.20. The molecule has 0 fully saturated rings. The van der Waals surface area contributed by atoms with Crippen molar-refractivity contribution in [2.45, 2.75) is 4.90 Å². The Bertz CT molecular complexity index is 270. The Morgan fingerprint density at radius 2 is 2.40 bits per heavy atom. The molecule has 50 valence electrons. The first-order valence-corrected chi connectivity index (χ1v) is 5.13. The van der Waals surface area contributed by atoms with Gasteiger partial charge in [0.15, 0.2) is 0 Å². The highest BCUT2D eigenvalue weighted by atomic mass is 33.1. The average Bonchev–Trinajstić information content (AvgIpc) is 2.05. The molecule has 0 aliphatic carbocycles. The van der Waals surface area contributed by atoms with Crippen LogP contribution in [0.15, 0.2) is 28.6 Å². The molecule has 0 saturated heterocycles. The van der Waals surface area contributed by atoms with E-state index in [1.165, 1.54) is 4.90 Å². The van der Waals surface area contributed by atoms with Crippen LogP contribution in [-0.4, -0.2) is 4.98 Å². The summed E-state index contributed by atoms with van der Waals surface area (Å²) in [7, 11) is 3.49. The summed E-state index contributed by atoms with van der Waals surface area (Å²) in [6.45, 7) is 0. The van der Waals surface area contributed by atoms with Crippen molar-refractivity contribution >= 4 is 27.7 Å². The Hall–Kier alpha value is -0.410. The van der Waals surface area contributed by atoms with Crippen LogP contribution in [0.2, 0.25) is 0 Å². The monoisotopic (exact) mass is 167 g/mol. The molecule has 2 heterocycles. The molecule has 0 atom stereocenters. The highest BCUT2D eigenvalue weighted by Gasteiger charge is 2.03. The van der Waals surface area contributed by atoms with Gasteiger partial charge in [-0.3, -0.25) is 4.98 Å². The molecule has 1 aromatic heterocycles. The first kappa shape index (κ1) is 6.31. The normalized spacial score (nSPS) is 14.8. The van der Waals surface area contributed by atoms with Crippen molar-refractivity contribution in [2.24, 2.45) is 0 Å². The van der Waals surface area contributed by atoms with Gasteiger partial charge in [-0.25, -0.2) is 0 Å². The molecule has 0 N–H and O–H groups in total. The lowest BCUT2D eigenvalue weighted by Crippen LogP contribution is -1.83. The minimum absolute atomic E-state index is 1.09. The quantitative estimate of drug-likeness (QED) is 0.551. The molecule has 0 spiro atoms. The van der Waals surface area contributed by atoms with Crippen LogP contribution in [0.25, 0.3) is 6.08 Å². The van der Waals surface area contributed by atoms with Crippen LogP contribution in [0.5, 0.6) is 0 Å². The van der Waals surface area contributed by atoms with Gasteiger partial charge in [0.25, 0.3) is 0 Å². The predicted octanol–water partition coefficient (Wildman–Crippen LogP) is 2.81. The van der Waals surface area contributed by atoms with Crippen LogP contribution in [-0.2, 0) is 0 Å². The van der Waals surface area contributed by atoms with Gasteiger partial charge < -0.3 is 0 Å². The molecule has 0 saturated carbocycles. The molecule has 1 aromatic rings. The minimum Gasteiger partial charge on any atom is -0.256 e. The first-order valence-electron chi connectivity index (χ1n) is 2.92. The predicted molar refractivity (Wildman–Crippen MR) is 46.7 cm³/mol. The van der Waals surface area contributed by atoms with E-state index in [1.54, 1.807) is 21.6 Å². The van der Waals surface area contributed by atoms with Crippen molar-refractivity contribution < 1.29 is 0 Å². The summed E-state index contributed by atoms with van der Waals surface area (Å²) in [5.74, 6) is 0. The minimum atomic E-state index is 1.09. The molecule has 0 unspecified atom stereocenters. The summed E-state index contributed by atoms with van der Waals surface area (Å²) in [4.78, 5) is 5.46. The Morgan fingerprint density at radius 1 is 1.40 bits per heavy atom. The molecule has 0 aromatic carbocycles. The third-order valence-corrected chi connectivity index (χ3v) is 3.25. The largest absolute Gasteiger partial charge is 0.256 e. The fourth-order valence-electron chi connectivity index (χ4n) is 0.770. The number of rotatable bonds is 0. The molecule has 1 nitrogen and oxygen atoms in total. The van der Waals surface area contributed by atoms with Crippen molar-refractivity contribution in [1.82, 2.24) is 4.98 Å². The number of hydrogen-bond donors (Lipinski definition) is 0. The lowest BCUT2D eigenvalue weighted by molar-refractivity contribution is 1.21. The number of pyridine rings is 1. The van der Waals surface area contributed by atoms with E-state index < -0.39 is 0 Å². The third-order valence-electron chi connectivity index (χ3n) is 1.22. The summed E-state index contributed by atoms with van der Waals surface area (Å²) in [6.07, 6.45) is 3.86. The Labute approximate surface area is 67.3 Å². The van der Waals surface area contributed by atoms with Crippen molar-refractivity contribution in [3.8, 4) is 0 Å². The van der Waals surface area contributed by atoms with Gasteiger partial charge in [0.05, 0.1) is 5.69 Å². The summed E-state index contributed by atoms with van der Waals surface area (Å²) < 4.78 is 0. The number of fused-ring (bicyclic) bond motifs is 1. The van der Waals surface area contributed by atoms with E-state index in [-0.39, 0.29) is 0 Å². The second-order valence-electron chi connectivity index (χ2n) is 1.87. The van der Waals surface area contributed by atoms with Crippen LogP contribution in [0, 0.1) is 0 Å². The zero-order valence-electron chi connectivity index (χ0n) is 5.15. The van der Waals surface area contributed by atoms with Gasteiger partial charge in [-0.1, -0.05) is 21.6 Å². The van der Waals surface area contributed by atoms with Gasteiger partial charge >= 0.3 is 0 Å². The molecule has 1 aliphatic heterocycles. The van der Waals surface area contributed by atoms with E-state index in [0.29, 0.717) is 0 Å². The molecule has 0 radical (unpaired) electrons. The molecule has 0 amide bonds. The summed E-state index contributed by atoms with van der Waals surface area (Å²) in [6, 6.07) is 4.05. The summed E-state index contributed by atoms with van der Waals surface area (Å²) in [5, 5.41) is 2.06. The van der Waals surface area contributed by atoms with Gasteiger partial charge in [0, 0.05) is 11.1 Å². The number of hydrogen-bond acceptors (Lipinski definition) is 3. The van der Waals surface area contributed by atoms with Crippen molar-refractivity contribution in [1.29, 1.82) is 0 Å². The van der Waals surface area contributed by atoms with E-state index in [4.69, 9.17) is 0 Å². The maximum Gasteiger partial charge on any atom is 0.0779 e. The van der Waals surface area contributed by atoms with Crippen LogP contribution in [0.1, 0.15) is 5.69 Å². The molecule has 0 bridgehead atoms. The van der Waals surface area contributed by atoms with Crippen LogP contribution >= 0.6 is 21.6 Å². The second kappa shape index (κ2) is 2.68. The lowest BCUT2D eigenvalue weighted by Gasteiger charge is -2.05. The van der Waals surface area contributed by atoms with Gasteiger partial charge in [0.1, 0.15) is 0 Å². The fourth-order valence-corrected chi connectivity index (χ4v) is 2.52. The van der Waals surface area contributed by atoms with E-state index >= 15 is 0 Å².